The minimum absolute atomic E-state index is 0.0773. The second-order valence-electron chi connectivity index (χ2n) is 4.79. The molecule has 0 bridgehead atoms. The first kappa shape index (κ1) is 14.9. The van der Waals surface area contributed by atoms with E-state index in [4.69, 9.17) is 0 Å². The number of hydrogen-bond donors (Lipinski definition) is 0. The molecule has 90 valence electrons. The molecular formula is C14H22O2. The predicted molar refractivity (Wildman–Crippen MR) is 65.8 cm³/mol. The zero-order valence-electron chi connectivity index (χ0n) is 10.7. The summed E-state index contributed by atoms with van der Waals surface area (Å²) in [5.74, 6) is 6.95. The van der Waals surface area contributed by atoms with Crippen LogP contribution < -0.4 is 0 Å². The van der Waals surface area contributed by atoms with Gasteiger partial charge in [0.1, 0.15) is 12.6 Å². The molecule has 0 aliphatic carbocycles. The molecule has 4 unspecified atom stereocenters. The Kier molecular flexibility index (Phi) is 7.54. The highest BCUT2D eigenvalue weighted by molar-refractivity contribution is 5.53. The molecule has 0 spiro atoms. The summed E-state index contributed by atoms with van der Waals surface area (Å²) in [5, 5.41) is 0. The van der Waals surface area contributed by atoms with E-state index in [1.54, 1.807) is 0 Å². The van der Waals surface area contributed by atoms with Crippen molar-refractivity contribution in [3.05, 3.63) is 0 Å². The average molecular weight is 222 g/mol. The van der Waals surface area contributed by atoms with Gasteiger partial charge in [-0.3, -0.25) is 0 Å². The van der Waals surface area contributed by atoms with Crippen LogP contribution in [0.4, 0.5) is 0 Å². The van der Waals surface area contributed by atoms with Gasteiger partial charge >= 0.3 is 0 Å². The summed E-state index contributed by atoms with van der Waals surface area (Å²) in [7, 11) is 0. The Balaban J connectivity index is 4.06. The van der Waals surface area contributed by atoms with Crippen molar-refractivity contribution in [3.63, 3.8) is 0 Å². The first-order valence-corrected chi connectivity index (χ1v) is 5.91. The quantitative estimate of drug-likeness (QED) is 0.511. The summed E-state index contributed by atoms with van der Waals surface area (Å²) >= 11 is 0. The zero-order chi connectivity index (χ0) is 12.6. The van der Waals surface area contributed by atoms with E-state index in [0.29, 0.717) is 0 Å². The SMILES string of the molecule is CC(C#CC(C)CC(C)C=O)CC(C)C=O. The molecule has 0 saturated heterocycles. The molecule has 0 radical (unpaired) electrons. The lowest BCUT2D eigenvalue weighted by Gasteiger charge is -2.08. The molecule has 0 aliphatic rings. The van der Waals surface area contributed by atoms with Crippen LogP contribution in [-0.2, 0) is 9.59 Å². The molecule has 2 heteroatoms. The molecule has 2 nitrogen and oxygen atoms in total. The van der Waals surface area contributed by atoms with Crippen molar-refractivity contribution in [2.45, 2.75) is 40.5 Å². The van der Waals surface area contributed by atoms with E-state index in [9.17, 15) is 9.59 Å². The third-order valence-corrected chi connectivity index (χ3v) is 2.49. The fourth-order valence-corrected chi connectivity index (χ4v) is 1.63. The van der Waals surface area contributed by atoms with Crippen LogP contribution in [0.3, 0.4) is 0 Å². The van der Waals surface area contributed by atoms with Gasteiger partial charge in [0.2, 0.25) is 0 Å². The highest BCUT2D eigenvalue weighted by Gasteiger charge is 2.07. The third kappa shape index (κ3) is 7.23. The molecule has 0 heterocycles. The number of aldehydes is 2. The lowest BCUT2D eigenvalue weighted by Crippen LogP contribution is -2.04. The van der Waals surface area contributed by atoms with Gasteiger partial charge < -0.3 is 9.59 Å². The number of hydrogen-bond acceptors (Lipinski definition) is 2. The van der Waals surface area contributed by atoms with E-state index in [0.717, 1.165) is 25.4 Å². The maximum atomic E-state index is 10.5. The third-order valence-electron chi connectivity index (χ3n) is 2.49. The van der Waals surface area contributed by atoms with E-state index in [-0.39, 0.29) is 23.7 Å². The fourth-order valence-electron chi connectivity index (χ4n) is 1.63. The van der Waals surface area contributed by atoms with Gasteiger partial charge in [0.15, 0.2) is 0 Å². The van der Waals surface area contributed by atoms with Crippen LogP contribution in [0.2, 0.25) is 0 Å². The van der Waals surface area contributed by atoms with Crippen LogP contribution >= 0.6 is 0 Å². The summed E-state index contributed by atoms with van der Waals surface area (Å²) in [6, 6.07) is 0. The van der Waals surface area contributed by atoms with Crippen molar-refractivity contribution in [3.8, 4) is 11.8 Å². The van der Waals surface area contributed by atoms with Crippen LogP contribution in [-0.4, -0.2) is 12.6 Å². The summed E-state index contributed by atoms with van der Waals surface area (Å²) in [5.41, 5.74) is 0. The molecule has 0 aromatic rings. The molecule has 0 saturated carbocycles. The predicted octanol–water partition coefficient (Wildman–Crippen LogP) is 2.71. The van der Waals surface area contributed by atoms with E-state index in [2.05, 4.69) is 11.8 Å². The normalized spacial score (nSPS) is 17.5. The Hall–Kier alpha value is -1.10. The molecule has 0 amide bonds. The molecule has 0 aromatic carbocycles. The van der Waals surface area contributed by atoms with Crippen molar-refractivity contribution in [2.75, 3.05) is 0 Å². The van der Waals surface area contributed by atoms with Crippen molar-refractivity contribution < 1.29 is 9.59 Å². The van der Waals surface area contributed by atoms with Crippen molar-refractivity contribution in [1.29, 1.82) is 0 Å². The Morgan fingerprint density at radius 2 is 1.12 bits per heavy atom. The lowest BCUT2D eigenvalue weighted by atomic mass is 9.96. The topological polar surface area (TPSA) is 34.1 Å². The largest absolute Gasteiger partial charge is 0.303 e. The van der Waals surface area contributed by atoms with Crippen LogP contribution in [0.5, 0.6) is 0 Å². The van der Waals surface area contributed by atoms with Gasteiger partial charge in [-0.05, 0) is 12.8 Å². The van der Waals surface area contributed by atoms with E-state index in [1.165, 1.54) is 0 Å². The number of carbonyl (C=O) groups is 2. The van der Waals surface area contributed by atoms with Gasteiger partial charge in [0.05, 0.1) is 0 Å². The van der Waals surface area contributed by atoms with Gasteiger partial charge in [-0.2, -0.15) is 0 Å². The minimum Gasteiger partial charge on any atom is -0.303 e. The van der Waals surface area contributed by atoms with Gasteiger partial charge in [-0.25, -0.2) is 0 Å². The fraction of sp³-hybridized carbons (Fsp3) is 0.714. The first-order valence-electron chi connectivity index (χ1n) is 5.91. The highest BCUT2D eigenvalue weighted by atomic mass is 16.1. The van der Waals surface area contributed by atoms with Gasteiger partial charge in [0.25, 0.3) is 0 Å². The number of carbonyl (C=O) groups excluding carboxylic acids is 2. The van der Waals surface area contributed by atoms with E-state index < -0.39 is 0 Å². The Morgan fingerprint density at radius 3 is 1.38 bits per heavy atom. The molecule has 16 heavy (non-hydrogen) atoms. The van der Waals surface area contributed by atoms with Gasteiger partial charge in [0, 0.05) is 23.7 Å². The summed E-state index contributed by atoms with van der Waals surface area (Å²) in [6.07, 6.45) is 3.56. The lowest BCUT2D eigenvalue weighted by molar-refractivity contribution is -0.111. The number of rotatable bonds is 6. The molecule has 0 aliphatic heterocycles. The minimum atomic E-state index is 0.0773. The first-order chi connectivity index (χ1) is 7.49. The standard InChI is InChI=1S/C14H22O2/c1-11(7-13(3)9-15)5-6-12(2)8-14(4)10-16/h9-14H,7-8H2,1-4H3. The molecule has 0 N–H and O–H groups in total. The molecule has 4 atom stereocenters. The van der Waals surface area contributed by atoms with Crippen LogP contribution in [0.1, 0.15) is 40.5 Å². The van der Waals surface area contributed by atoms with Crippen LogP contribution in [0.15, 0.2) is 0 Å². The summed E-state index contributed by atoms with van der Waals surface area (Å²) in [4.78, 5) is 21.0. The smallest absolute Gasteiger partial charge is 0.122 e. The van der Waals surface area contributed by atoms with Crippen molar-refractivity contribution in [2.24, 2.45) is 23.7 Å². The second kappa shape index (κ2) is 8.10. The van der Waals surface area contributed by atoms with E-state index in [1.807, 2.05) is 27.7 Å². The average Bonchev–Trinajstić information content (AvgIpc) is 2.26. The Labute approximate surface area is 98.8 Å². The Morgan fingerprint density at radius 1 is 0.812 bits per heavy atom. The second-order valence-corrected chi connectivity index (χ2v) is 4.79. The molecule has 0 fully saturated rings. The van der Waals surface area contributed by atoms with Gasteiger partial charge in [-0.15, -0.1) is 0 Å². The summed E-state index contributed by atoms with van der Waals surface area (Å²) in [6.45, 7) is 7.87. The maximum Gasteiger partial charge on any atom is 0.122 e. The van der Waals surface area contributed by atoms with Crippen molar-refractivity contribution >= 4 is 12.6 Å². The summed E-state index contributed by atoms with van der Waals surface area (Å²) < 4.78 is 0. The highest BCUT2D eigenvalue weighted by Crippen LogP contribution is 2.11. The van der Waals surface area contributed by atoms with Crippen LogP contribution in [0, 0.1) is 35.5 Å². The van der Waals surface area contributed by atoms with Gasteiger partial charge in [-0.1, -0.05) is 39.5 Å². The Bertz CT molecular complexity index is 246. The molecule has 0 rings (SSSR count). The van der Waals surface area contributed by atoms with Crippen LogP contribution in [0.25, 0.3) is 0 Å². The molecule has 0 aromatic heterocycles. The van der Waals surface area contributed by atoms with Crippen molar-refractivity contribution in [1.82, 2.24) is 0 Å². The zero-order valence-corrected chi connectivity index (χ0v) is 10.7. The maximum absolute atomic E-state index is 10.5. The molecular weight excluding hydrogens is 200 g/mol. The van der Waals surface area contributed by atoms with E-state index >= 15 is 0 Å². The monoisotopic (exact) mass is 222 g/mol.